The molecule has 1 N–H and O–H groups in total. The van der Waals surface area contributed by atoms with Crippen LogP contribution in [0.5, 0.6) is 0 Å². The molecule has 2 heterocycles. The summed E-state index contributed by atoms with van der Waals surface area (Å²) in [6, 6.07) is 13.8. The number of aromatic nitrogens is 1. The Bertz CT molecular complexity index is 1010. The minimum atomic E-state index is -4.33. The molecule has 1 aliphatic heterocycles. The molecule has 0 atom stereocenters. The highest BCUT2D eigenvalue weighted by atomic mass is 32.2. The Morgan fingerprint density at radius 3 is 2.57 bits per heavy atom. The second kappa shape index (κ2) is 9.04. The van der Waals surface area contributed by atoms with Gasteiger partial charge in [-0.25, -0.2) is 0 Å². The zero-order valence-corrected chi connectivity index (χ0v) is 17.8. The summed E-state index contributed by atoms with van der Waals surface area (Å²) in [6.45, 7) is 5.25. The molecule has 0 radical (unpaired) electrons. The van der Waals surface area contributed by atoms with E-state index in [1.54, 1.807) is 6.07 Å². The molecule has 4 rings (SSSR count). The van der Waals surface area contributed by atoms with Crippen LogP contribution in [0, 0.1) is 0 Å². The summed E-state index contributed by atoms with van der Waals surface area (Å²) >= 11 is 1.42. The number of nitrogens with one attached hydrogen (secondary N) is 1. The first-order valence-electron chi connectivity index (χ1n) is 10.3. The third-order valence-electron chi connectivity index (χ3n) is 5.64. The average molecular weight is 434 g/mol. The van der Waals surface area contributed by atoms with E-state index in [0.29, 0.717) is 4.90 Å². The van der Waals surface area contributed by atoms with Crippen LogP contribution in [-0.2, 0) is 19.6 Å². The predicted octanol–water partition coefficient (Wildman–Crippen LogP) is 5.19. The number of aryl methyl sites for hydroxylation is 2. The molecule has 0 spiro atoms. The van der Waals surface area contributed by atoms with Crippen molar-refractivity contribution < 1.29 is 13.2 Å². The van der Waals surface area contributed by atoms with Crippen LogP contribution < -0.4 is 5.32 Å². The molecule has 1 saturated heterocycles. The Morgan fingerprint density at radius 2 is 1.80 bits per heavy atom. The Labute approximate surface area is 179 Å². The minimum absolute atomic E-state index is 0.605. The van der Waals surface area contributed by atoms with E-state index in [1.807, 2.05) is 19.2 Å². The van der Waals surface area contributed by atoms with Gasteiger partial charge in [0.2, 0.25) is 0 Å². The van der Waals surface area contributed by atoms with Crippen LogP contribution in [0.25, 0.3) is 10.9 Å². The highest BCUT2D eigenvalue weighted by Crippen LogP contribution is 2.39. The van der Waals surface area contributed by atoms with E-state index in [1.165, 1.54) is 34.8 Å². The van der Waals surface area contributed by atoms with Crippen molar-refractivity contribution in [1.29, 1.82) is 0 Å². The summed E-state index contributed by atoms with van der Waals surface area (Å²) in [5.74, 6) is 0. The van der Waals surface area contributed by atoms with Gasteiger partial charge in [-0.15, -0.1) is 0 Å². The maximum Gasteiger partial charge on any atom is 0.416 e. The van der Waals surface area contributed by atoms with Crippen LogP contribution in [0.1, 0.15) is 17.5 Å². The van der Waals surface area contributed by atoms with Crippen molar-refractivity contribution in [3.63, 3.8) is 0 Å². The Kier molecular flexibility index (Phi) is 6.41. The normalized spacial score (nSPS) is 15.7. The topological polar surface area (TPSA) is 20.2 Å². The number of fused-ring (bicyclic) bond motifs is 1. The number of halogens is 3. The molecule has 160 valence electrons. The number of piperazine rings is 1. The fourth-order valence-electron chi connectivity index (χ4n) is 4.08. The van der Waals surface area contributed by atoms with Gasteiger partial charge in [-0.2, -0.15) is 13.2 Å². The van der Waals surface area contributed by atoms with Gasteiger partial charge in [0.05, 0.1) is 10.6 Å². The highest BCUT2D eigenvalue weighted by molar-refractivity contribution is 7.99. The third-order valence-corrected chi connectivity index (χ3v) is 6.84. The lowest BCUT2D eigenvalue weighted by atomic mass is 10.1. The lowest BCUT2D eigenvalue weighted by Gasteiger charge is -2.27. The molecule has 0 amide bonds. The fraction of sp³-hybridized carbons (Fsp3) is 0.391. The van der Waals surface area contributed by atoms with E-state index in [4.69, 9.17) is 0 Å². The van der Waals surface area contributed by atoms with Crippen molar-refractivity contribution in [2.24, 2.45) is 7.05 Å². The van der Waals surface area contributed by atoms with Crippen molar-refractivity contribution in [2.45, 2.75) is 28.9 Å². The van der Waals surface area contributed by atoms with E-state index >= 15 is 0 Å². The molecule has 0 saturated carbocycles. The van der Waals surface area contributed by atoms with E-state index in [2.05, 4.69) is 26.9 Å². The second-order valence-electron chi connectivity index (χ2n) is 7.68. The largest absolute Gasteiger partial charge is 0.416 e. The Hall–Kier alpha value is -1.96. The zero-order valence-electron chi connectivity index (χ0n) is 17.0. The monoisotopic (exact) mass is 433 g/mol. The fourth-order valence-corrected chi connectivity index (χ4v) is 5.21. The summed E-state index contributed by atoms with van der Waals surface area (Å²) in [7, 11) is 2.00. The number of hydrogen-bond donors (Lipinski definition) is 1. The first kappa shape index (κ1) is 21.3. The van der Waals surface area contributed by atoms with E-state index < -0.39 is 11.7 Å². The van der Waals surface area contributed by atoms with Gasteiger partial charge in [-0.1, -0.05) is 36.0 Å². The molecule has 7 heteroatoms. The van der Waals surface area contributed by atoms with Crippen molar-refractivity contribution in [2.75, 3.05) is 32.7 Å². The molecule has 3 nitrogen and oxygen atoms in total. The summed E-state index contributed by atoms with van der Waals surface area (Å²) in [5, 5.41) is 5.59. The van der Waals surface area contributed by atoms with Gasteiger partial charge in [0, 0.05) is 49.0 Å². The molecule has 1 aliphatic rings. The third kappa shape index (κ3) is 4.68. The molecule has 0 aliphatic carbocycles. The zero-order chi connectivity index (χ0) is 21.1. The van der Waals surface area contributed by atoms with Gasteiger partial charge < -0.3 is 14.8 Å². The van der Waals surface area contributed by atoms with Crippen molar-refractivity contribution in [3.8, 4) is 0 Å². The van der Waals surface area contributed by atoms with Gasteiger partial charge >= 0.3 is 6.18 Å². The first-order valence-corrected chi connectivity index (χ1v) is 11.1. The smallest absolute Gasteiger partial charge is 0.338 e. The van der Waals surface area contributed by atoms with Crippen molar-refractivity contribution in [3.05, 3.63) is 59.7 Å². The average Bonchev–Trinajstić information content (AvgIpc) is 3.00. The van der Waals surface area contributed by atoms with Crippen molar-refractivity contribution in [1.82, 2.24) is 14.8 Å². The van der Waals surface area contributed by atoms with E-state index in [-0.39, 0.29) is 0 Å². The quantitative estimate of drug-likeness (QED) is 0.578. The SMILES string of the molecule is Cn1c(Sc2cccc(C(F)(F)F)c2)c(CCCN2CCNCC2)c2ccccc21. The van der Waals surface area contributed by atoms with Gasteiger partial charge in [-0.3, -0.25) is 0 Å². The van der Waals surface area contributed by atoms with E-state index in [9.17, 15) is 13.2 Å². The molecule has 0 unspecified atom stereocenters. The maximum atomic E-state index is 13.2. The minimum Gasteiger partial charge on any atom is -0.338 e. The number of hydrogen-bond acceptors (Lipinski definition) is 3. The van der Waals surface area contributed by atoms with Crippen LogP contribution >= 0.6 is 11.8 Å². The molecule has 30 heavy (non-hydrogen) atoms. The molecule has 3 aromatic rings. The van der Waals surface area contributed by atoms with Crippen LogP contribution in [0.3, 0.4) is 0 Å². The molecule has 0 bridgehead atoms. The van der Waals surface area contributed by atoms with Gasteiger partial charge in [0.15, 0.2) is 0 Å². The van der Waals surface area contributed by atoms with Crippen LogP contribution in [0.2, 0.25) is 0 Å². The number of benzene rings is 2. The lowest BCUT2D eigenvalue weighted by molar-refractivity contribution is -0.137. The summed E-state index contributed by atoms with van der Waals surface area (Å²) in [4.78, 5) is 3.08. The lowest BCUT2D eigenvalue weighted by Crippen LogP contribution is -2.43. The van der Waals surface area contributed by atoms with Crippen LogP contribution in [-0.4, -0.2) is 42.2 Å². The standard InChI is InChI=1S/C23H26F3N3S/c1-28-21-10-3-2-8-19(21)20(9-5-13-29-14-11-27-12-15-29)22(28)30-18-7-4-6-17(16-18)23(24,25)26/h2-4,6-8,10,16,27H,5,9,11-15H2,1H3. The second-order valence-corrected chi connectivity index (χ2v) is 8.74. The molecule has 1 fully saturated rings. The van der Waals surface area contributed by atoms with Gasteiger partial charge in [0.25, 0.3) is 0 Å². The number of para-hydroxylation sites is 1. The van der Waals surface area contributed by atoms with Crippen molar-refractivity contribution >= 4 is 22.7 Å². The summed E-state index contributed by atoms with van der Waals surface area (Å²) < 4.78 is 41.6. The summed E-state index contributed by atoms with van der Waals surface area (Å²) in [6.07, 6.45) is -2.39. The number of rotatable bonds is 6. The van der Waals surface area contributed by atoms with E-state index in [0.717, 1.165) is 62.2 Å². The number of alkyl halides is 3. The van der Waals surface area contributed by atoms with Gasteiger partial charge in [-0.05, 0) is 49.2 Å². The Morgan fingerprint density at radius 1 is 1.03 bits per heavy atom. The molecule has 2 aromatic carbocycles. The van der Waals surface area contributed by atoms with Crippen LogP contribution in [0.4, 0.5) is 13.2 Å². The van der Waals surface area contributed by atoms with Crippen LogP contribution in [0.15, 0.2) is 58.5 Å². The summed E-state index contributed by atoms with van der Waals surface area (Å²) in [5.41, 5.74) is 1.74. The molecule has 1 aromatic heterocycles. The highest BCUT2D eigenvalue weighted by Gasteiger charge is 2.30. The first-order chi connectivity index (χ1) is 14.4. The van der Waals surface area contributed by atoms with Gasteiger partial charge in [0.1, 0.15) is 0 Å². The maximum absolute atomic E-state index is 13.2. The molecular weight excluding hydrogens is 407 g/mol. The predicted molar refractivity (Wildman–Crippen MR) is 116 cm³/mol. The number of nitrogens with zero attached hydrogens (tertiary/aromatic N) is 2. The molecular formula is C23H26F3N3S. The Balaban J connectivity index is 1.60.